The van der Waals surface area contributed by atoms with Crippen molar-refractivity contribution >= 4 is 11.4 Å². The third kappa shape index (κ3) is 3.35. The molecule has 0 fully saturated rings. The van der Waals surface area contributed by atoms with Crippen LogP contribution in [0.25, 0.3) is 0 Å². The Labute approximate surface area is 161 Å². The summed E-state index contributed by atoms with van der Waals surface area (Å²) in [6.45, 7) is 1.62. The minimum absolute atomic E-state index is 0.0232. The summed E-state index contributed by atoms with van der Waals surface area (Å²) in [5.74, 6) is 0.315. The van der Waals surface area contributed by atoms with E-state index < -0.39 is 29.0 Å². The van der Waals surface area contributed by atoms with Crippen LogP contribution in [0.5, 0.6) is 11.5 Å². The second-order valence-corrected chi connectivity index (χ2v) is 6.65. The average Bonchev–Trinajstić information content (AvgIpc) is 2.67. The lowest BCUT2D eigenvalue weighted by Crippen LogP contribution is -2.60. The molecule has 3 atom stereocenters. The van der Waals surface area contributed by atoms with Gasteiger partial charge < -0.3 is 29.7 Å². The molecule has 2 aromatic carbocycles. The maximum Gasteiger partial charge on any atom is 0.270 e. The molecule has 1 aliphatic rings. The van der Waals surface area contributed by atoms with Crippen molar-refractivity contribution in [2.45, 2.75) is 31.0 Å². The number of ether oxygens (including phenoxy) is 3. The van der Waals surface area contributed by atoms with Crippen molar-refractivity contribution in [1.82, 2.24) is 0 Å². The number of benzene rings is 2. The first kappa shape index (κ1) is 19.9. The Balaban J connectivity index is 2.12. The van der Waals surface area contributed by atoms with Crippen molar-refractivity contribution in [2.24, 2.45) is 0 Å². The van der Waals surface area contributed by atoms with Gasteiger partial charge in [-0.05, 0) is 25.1 Å². The van der Waals surface area contributed by atoms with Crippen LogP contribution in [0.2, 0.25) is 0 Å². The summed E-state index contributed by atoms with van der Waals surface area (Å²) in [5, 5.41) is 35.6. The Morgan fingerprint density at radius 1 is 1.25 bits per heavy atom. The minimum Gasteiger partial charge on any atom is -0.506 e. The second kappa shape index (κ2) is 7.63. The van der Waals surface area contributed by atoms with E-state index in [0.717, 1.165) is 0 Å². The van der Waals surface area contributed by atoms with Crippen LogP contribution in [-0.4, -0.2) is 47.4 Å². The Bertz CT molecular complexity index is 871. The number of phenols is 1. The number of para-hydroxylation sites is 2. The van der Waals surface area contributed by atoms with Crippen molar-refractivity contribution in [3.63, 3.8) is 0 Å². The van der Waals surface area contributed by atoms with Crippen LogP contribution in [0.4, 0.5) is 11.4 Å². The van der Waals surface area contributed by atoms with Gasteiger partial charge in [0, 0.05) is 31.9 Å². The summed E-state index contributed by atoms with van der Waals surface area (Å²) in [4.78, 5) is 10.7. The predicted molar refractivity (Wildman–Crippen MR) is 100 cm³/mol. The number of phenolic OH excluding ortho intramolecular Hbond substituents is 1. The minimum atomic E-state index is -1.32. The molecule has 28 heavy (non-hydrogen) atoms. The maximum absolute atomic E-state index is 11.2. The molecule has 9 heteroatoms. The lowest BCUT2D eigenvalue weighted by molar-refractivity contribution is -0.385. The van der Waals surface area contributed by atoms with Crippen molar-refractivity contribution < 1.29 is 29.3 Å². The molecule has 2 aromatic rings. The van der Waals surface area contributed by atoms with E-state index in [0.29, 0.717) is 17.0 Å². The van der Waals surface area contributed by atoms with E-state index >= 15 is 0 Å². The highest BCUT2D eigenvalue weighted by Gasteiger charge is 2.52. The number of anilines is 1. The molecule has 0 spiro atoms. The molecular weight excluding hydrogens is 368 g/mol. The van der Waals surface area contributed by atoms with Crippen LogP contribution in [-0.2, 0) is 9.47 Å². The normalized spacial score (nSPS) is 23.8. The van der Waals surface area contributed by atoms with Gasteiger partial charge in [0.05, 0.1) is 16.7 Å². The molecule has 9 nitrogen and oxygen atoms in total. The fourth-order valence-corrected chi connectivity index (χ4v) is 3.46. The van der Waals surface area contributed by atoms with Crippen molar-refractivity contribution in [3.8, 4) is 11.5 Å². The number of nitrogens with zero attached hydrogens (tertiary/aromatic N) is 1. The molecule has 0 unspecified atom stereocenters. The van der Waals surface area contributed by atoms with Gasteiger partial charge in [0.2, 0.25) is 0 Å². The van der Waals surface area contributed by atoms with E-state index in [-0.39, 0.29) is 11.4 Å². The number of nitro groups is 1. The number of hydrogen-bond acceptors (Lipinski definition) is 8. The number of methoxy groups -OCH3 is 2. The zero-order valence-electron chi connectivity index (χ0n) is 15.7. The number of non-ortho nitro benzene ring substituents is 1. The molecule has 1 aliphatic heterocycles. The van der Waals surface area contributed by atoms with Gasteiger partial charge in [0.15, 0.2) is 11.9 Å². The van der Waals surface area contributed by atoms with Crippen LogP contribution in [0.3, 0.4) is 0 Å². The molecule has 3 N–H and O–H groups in total. The van der Waals surface area contributed by atoms with Gasteiger partial charge in [-0.25, -0.2) is 0 Å². The van der Waals surface area contributed by atoms with Crippen LogP contribution in [0.15, 0.2) is 42.5 Å². The molecule has 0 aromatic heterocycles. The number of aliphatic hydroxyl groups is 1. The molecule has 0 saturated carbocycles. The van der Waals surface area contributed by atoms with E-state index in [1.807, 2.05) is 0 Å². The molecule has 0 amide bonds. The highest BCUT2D eigenvalue weighted by atomic mass is 16.7. The van der Waals surface area contributed by atoms with Crippen molar-refractivity contribution in [2.75, 3.05) is 19.5 Å². The number of rotatable bonds is 6. The van der Waals surface area contributed by atoms with Crippen molar-refractivity contribution in [3.05, 3.63) is 58.1 Å². The predicted octanol–water partition coefficient (Wildman–Crippen LogP) is 2.58. The van der Waals surface area contributed by atoms with Crippen molar-refractivity contribution in [1.29, 1.82) is 0 Å². The molecule has 150 valence electrons. The molecule has 0 aliphatic carbocycles. The van der Waals surface area contributed by atoms with E-state index in [4.69, 9.17) is 14.2 Å². The SMILES string of the molecule is COC(OC)[C@@]1(C)Oc2ccc([N+](=O)[O-])cc2[C@@H](Nc2ccccc2O)[C@@H]1O. The third-order valence-corrected chi connectivity index (χ3v) is 4.88. The first-order chi connectivity index (χ1) is 13.3. The highest BCUT2D eigenvalue weighted by Crippen LogP contribution is 2.45. The summed E-state index contributed by atoms with van der Waals surface area (Å²) in [6, 6.07) is 9.80. The number of hydrogen-bond donors (Lipinski definition) is 3. The number of fused-ring (bicyclic) bond motifs is 1. The first-order valence-corrected chi connectivity index (χ1v) is 8.57. The Hall–Kier alpha value is -2.88. The zero-order valence-corrected chi connectivity index (χ0v) is 15.7. The average molecular weight is 390 g/mol. The number of nitrogens with one attached hydrogen (secondary N) is 1. The summed E-state index contributed by atoms with van der Waals surface area (Å²) in [5.41, 5.74) is -0.723. The first-order valence-electron chi connectivity index (χ1n) is 8.57. The molecule has 0 radical (unpaired) electrons. The highest BCUT2D eigenvalue weighted by molar-refractivity contribution is 5.59. The smallest absolute Gasteiger partial charge is 0.270 e. The van der Waals surface area contributed by atoms with Gasteiger partial charge in [-0.3, -0.25) is 10.1 Å². The van der Waals surface area contributed by atoms with E-state index in [1.54, 1.807) is 25.1 Å². The van der Waals surface area contributed by atoms with E-state index in [1.165, 1.54) is 38.5 Å². The summed E-state index contributed by atoms with van der Waals surface area (Å²) >= 11 is 0. The molecule has 0 saturated heterocycles. The van der Waals surface area contributed by atoms with Crippen LogP contribution < -0.4 is 10.1 Å². The Kier molecular flexibility index (Phi) is 5.41. The van der Waals surface area contributed by atoms with Gasteiger partial charge in [0.25, 0.3) is 5.69 Å². The number of aliphatic hydroxyl groups excluding tert-OH is 1. The number of nitro benzene ring substituents is 1. The van der Waals surface area contributed by atoms with Gasteiger partial charge in [0.1, 0.15) is 17.6 Å². The van der Waals surface area contributed by atoms with Gasteiger partial charge in [-0.15, -0.1) is 0 Å². The van der Waals surface area contributed by atoms with Gasteiger partial charge in [-0.2, -0.15) is 0 Å². The zero-order chi connectivity index (χ0) is 20.5. The van der Waals surface area contributed by atoms with Gasteiger partial charge in [-0.1, -0.05) is 12.1 Å². The quantitative estimate of drug-likeness (QED) is 0.298. The number of aromatic hydroxyl groups is 1. The summed E-state index contributed by atoms with van der Waals surface area (Å²) in [7, 11) is 2.85. The third-order valence-electron chi connectivity index (χ3n) is 4.88. The molecule has 1 heterocycles. The monoisotopic (exact) mass is 390 g/mol. The van der Waals surface area contributed by atoms with Crippen LogP contribution in [0, 0.1) is 10.1 Å². The summed E-state index contributed by atoms with van der Waals surface area (Å²) in [6.07, 6.45) is -2.15. The largest absolute Gasteiger partial charge is 0.506 e. The lowest BCUT2D eigenvalue weighted by Gasteiger charge is -2.46. The van der Waals surface area contributed by atoms with Crippen LogP contribution in [0.1, 0.15) is 18.5 Å². The molecule has 0 bridgehead atoms. The van der Waals surface area contributed by atoms with E-state index in [2.05, 4.69) is 5.32 Å². The molecular formula is C19H22N2O7. The van der Waals surface area contributed by atoms with Gasteiger partial charge >= 0.3 is 0 Å². The maximum atomic E-state index is 11.2. The standard InChI is InChI=1S/C19H22N2O7/c1-19(18(26-2)27-3)17(23)16(20-13-6-4-5-7-14(13)22)12-10-11(21(24)25)8-9-15(12)28-19/h4-10,16-18,20,22-23H,1-3H3/t16-,17+,19+/m1/s1. The Morgan fingerprint density at radius 2 is 1.93 bits per heavy atom. The van der Waals surface area contributed by atoms with Crippen LogP contribution >= 0.6 is 0 Å². The topological polar surface area (TPSA) is 123 Å². The lowest BCUT2D eigenvalue weighted by atomic mass is 9.84. The Morgan fingerprint density at radius 3 is 2.54 bits per heavy atom. The summed E-state index contributed by atoms with van der Waals surface area (Å²) < 4.78 is 16.6. The molecule has 3 rings (SSSR count). The fourth-order valence-electron chi connectivity index (χ4n) is 3.46. The van der Waals surface area contributed by atoms with E-state index in [9.17, 15) is 20.3 Å². The fraction of sp³-hybridized carbons (Fsp3) is 0.368. The second-order valence-electron chi connectivity index (χ2n) is 6.65.